The molecule has 0 spiro atoms. The highest BCUT2D eigenvalue weighted by Crippen LogP contribution is 2.25. The zero-order valence-electron chi connectivity index (χ0n) is 11.7. The molecule has 0 bridgehead atoms. The lowest BCUT2D eigenvalue weighted by atomic mass is 10.1. The number of allylic oxidation sites excluding steroid dienone is 1. The molecule has 1 saturated carbocycles. The monoisotopic (exact) mass is 261 g/mol. The zero-order chi connectivity index (χ0) is 13.5. The molecule has 1 aliphatic rings. The first-order valence-corrected chi connectivity index (χ1v) is 7.06. The van der Waals surface area contributed by atoms with Gasteiger partial charge in [0.05, 0.1) is 6.61 Å². The number of nitrogens with one attached hydrogen (secondary N) is 1. The number of hydrogen-bond acceptors (Lipinski definition) is 3. The molecule has 3 heteroatoms. The maximum Gasteiger partial charge on any atom is 0.123 e. The Bertz CT molecular complexity index is 413. The summed E-state index contributed by atoms with van der Waals surface area (Å²) < 4.78 is 11.3. The van der Waals surface area contributed by atoms with Crippen molar-refractivity contribution in [2.75, 3.05) is 19.8 Å². The van der Waals surface area contributed by atoms with Gasteiger partial charge in [0.1, 0.15) is 18.1 Å². The van der Waals surface area contributed by atoms with Gasteiger partial charge < -0.3 is 14.8 Å². The fourth-order valence-corrected chi connectivity index (χ4v) is 1.98. The lowest BCUT2D eigenvalue weighted by molar-refractivity contribution is 0.308. The number of benzene rings is 1. The summed E-state index contributed by atoms with van der Waals surface area (Å²) in [5.41, 5.74) is 1.13. The summed E-state index contributed by atoms with van der Waals surface area (Å²) in [4.78, 5) is 0. The van der Waals surface area contributed by atoms with Crippen LogP contribution in [0, 0.1) is 0 Å². The van der Waals surface area contributed by atoms with Gasteiger partial charge in [-0.3, -0.25) is 0 Å². The quantitative estimate of drug-likeness (QED) is 0.547. The van der Waals surface area contributed by atoms with Gasteiger partial charge in [0, 0.05) is 18.2 Å². The molecule has 104 valence electrons. The smallest absolute Gasteiger partial charge is 0.123 e. The van der Waals surface area contributed by atoms with Crippen LogP contribution in [0.3, 0.4) is 0 Å². The van der Waals surface area contributed by atoms with E-state index in [-0.39, 0.29) is 0 Å². The first-order chi connectivity index (χ1) is 9.33. The predicted octanol–water partition coefficient (Wildman–Crippen LogP) is 2.94. The van der Waals surface area contributed by atoms with Gasteiger partial charge >= 0.3 is 0 Å². The van der Waals surface area contributed by atoms with E-state index in [0.717, 1.165) is 36.1 Å². The van der Waals surface area contributed by atoms with Gasteiger partial charge in [-0.1, -0.05) is 6.08 Å². The first kappa shape index (κ1) is 13.9. The lowest BCUT2D eigenvalue weighted by Gasteiger charge is -2.13. The SMILES string of the molecule is C=CCc1cc(OCC)ccc1OCCNC1CC1. The van der Waals surface area contributed by atoms with Crippen LogP contribution in [0.4, 0.5) is 0 Å². The summed E-state index contributed by atoms with van der Waals surface area (Å²) in [6.45, 7) is 8.07. The second-order valence-electron chi connectivity index (χ2n) is 4.77. The minimum Gasteiger partial charge on any atom is -0.494 e. The molecule has 1 aromatic rings. The van der Waals surface area contributed by atoms with Crippen LogP contribution in [0.15, 0.2) is 30.9 Å². The topological polar surface area (TPSA) is 30.5 Å². The summed E-state index contributed by atoms with van der Waals surface area (Å²) >= 11 is 0. The van der Waals surface area contributed by atoms with E-state index in [9.17, 15) is 0 Å². The van der Waals surface area contributed by atoms with Gasteiger partial charge in [-0.25, -0.2) is 0 Å². The maximum atomic E-state index is 5.84. The normalized spacial score (nSPS) is 14.2. The van der Waals surface area contributed by atoms with E-state index in [1.54, 1.807) is 0 Å². The summed E-state index contributed by atoms with van der Waals surface area (Å²) in [5, 5.41) is 3.44. The van der Waals surface area contributed by atoms with E-state index >= 15 is 0 Å². The molecule has 1 aromatic carbocycles. The van der Waals surface area contributed by atoms with Crippen LogP contribution in [0.25, 0.3) is 0 Å². The van der Waals surface area contributed by atoms with Crippen LogP contribution >= 0.6 is 0 Å². The second-order valence-corrected chi connectivity index (χ2v) is 4.77. The molecule has 0 amide bonds. The molecule has 2 rings (SSSR count). The van der Waals surface area contributed by atoms with Crippen molar-refractivity contribution in [2.45, 2.75) is 32.2 Å². The van der Waals surface area contributed by atoms with Crippen LogP contribution in [0.5, 0.6) is 11.5 Å². The molecule has 0 atom stereocenters. The van der Waals surface area contributed by atoms with E-state index in [2.05, 4.69) is 11.9 Å². The number of ether oxygens (including phenoxy) is 2. The van der Waals surface area contributed by atoms with Gasteiger partial charge in [-0.15, -0.1) is 6.58 Å². The minimum atomic E-state index is 0.680. The van der Waals surface area contributed by atoms with Crippen molar-refractivity contribution in [2.24, 2.45) is 0 Å². The molecular formula is C16H23NO2. The van der Waals surface area contributed by atoms with Crippen LogP contribution in [0.2, 0.25) is 0 Å². The van der Waals surface area contributed by atoms with Crippen LogP contribution in [-0.4, -0.2) is 25.8 Å². The van der Waals surface area contributed by atoms with Gasteiger partial charge in [0.2, 0.25) is 0 Å². The highest BCUT2D eigenvalue weighted by molar-refractivity contribution is 5.41. The molecule has 1 fully saturated rings. The van der Waals surface area contributed by atoms with Crippen LogP contribution in [0.1, 0.15) is 25.3 Å². The van der Waals surface area contributed by atoms with Crippen molar-refractivity contribution in [1.82, 2.24) is 5.32 Å². The molecule has 1 N–H and O–H groups in total. The van der Waals surface area contributed by atoms with Gasteiger partial charge in [0.15, 0.2) is 0 Å². The van der Waals surface area contributed by atoms with Crippen molar-refractivity contribution in [3.63, 3.8) is 0 Å². The van der Waals surface area contributed by atoms with Crippen molar-refractivity contribution < 1.29 is 9.47 Å². The Hall–Kier alpha value is -1.48. The van der Waals surface area contributed by atoms with Crippen molar-refractivity contribution >= 4 is 0 Å². The Morgan fingerprint density at radius 2 is 2.21 bits per heavy atom. The number of rotatable bonds is 9. The first-order valence-electron chi connectivity index (χ1n) is 7.06. The van der Waals surface area contributed by atoms with Crippen molar-refractivity contribution in [1.29, 1.82) is 0 Å². The van der Waals surface area contributed by atoms with Gasteiger partial charge in [-0.2, -0.15) is 0 Å². The molecule has 0 aliphatic heterocycles. The van der Waals surface area contributed by atoms with E-state index in [1.807, 2.05) is 31.2 Å². The summed E-state index contributed by atoms with van der Waals surface area (Å²) in [5.74, 6) is 1.82. The minimum absolute atomic E-state index is 0.680. The third-order valence-electron chi connectivity index (χ3n) is 3.08. The summed E-state index contributed by atoms with van der Waals surface area (Å²) in [6, 6.07) is 6.71. The molecule has 0 heterocycles. The highest BCUT2D eigenvalue weighted by Gasteiger charge is 2.19. The molecule has 0 saturated heterocycles. The molecule has 0 unspecified atom stereocenters. The van der Waals surface area contributed by atoms with E-state index in [0.29, 0.717) is 13.2 Å². The molecule has 1 aliphatic carbocycles. The van der Waals surface area contributed by atoms with Crippen LogP contribution < -0.4 is 14.8 Å². The predicted molar refractivity (Wildman–Crippen MR) is 78.0 cm³/mol. The Morgan fingerprint density at radius 1 is 1.37 bits per heavy atom. The van der Waals surface area contributed by atoms with E-state index in [1.165, 1.54) is 12.8 Å². The van der Waals surface area contributed by atoms with Crippen LogP contribution in [-0.2, 0) is 6.42 Å². The third-order valence-corrected chi connectivity index (χ3v) is 3.08. The third kappa shape index (κ3) is 4.60. The lowest BCUT2D eigenvalue weighted by Crippen LogP contribution is -2.23. The average molecular weight is 261 g/mol. The van der Waals surface area contributed by atoms with Gasteiger partial charge in [0.25, 0.3) is 0 Å². The maximum absolute atomic E-state index is 5.84. The zero-order valence-corrected chi connectivity index (χ0v) is 11.7. The van der Waals surface area contributed by atoms with Crippen molar-refractivity contribution in [3.8, 4) is 11.5 Å². The Labute approximate surface area is 115 Å². The largest absolute Gasteiger partial charge is 0.494 e. The molecule has 0 aromatic heterocycles. The fraction of sp³-hybridized carbons (Fsp3) is 0.500. The standard InChI is InChI=1S/C16H23NO2/c1-3-5-13-12-15(18-4-2)8-9-16(13)19-11-10-17-14-6-7-14/h3,8-9,12,14,17H,1,4-7,10-11H2,2H3. The van der Waals surface area contributed by atoms with Gasteiger partial charge in [-0.05, 0) is 44.4 Å². The second kappa shape index (κ2) is 7.19. The Morgan fingerprint density at radius 3 is 2.89 bits per heavy atom. The summed E-state index contributed by atoms with van der Waals surface area (Å²) in [7, 11) is 0. The molecular weight excluding hydrogens is 238 g/mol. The van der Waals surface area contributed by atoms with Crippen molar-refractivity contribution in [3.05, 3.63) is 36.4 Å². The van der Waals surface area contributed by atoms with E-state index in [4.69, 9.17) is 9.47 Å². The number of hydrogen-bond donors (Lipinski definition) is 1. The van der Waals surface area contributed by atoms with E-state index < -0.39 is 0 Å². The highest BCUT2D eigenvalue weighted by atomic mass is 16.5. The molecule has 0 radical (unpaired) electrons. The Kier molecular flexibility index (Phi) is 5.28. The Balaban J connectivity index is 1.90. The molecule has 3 nitrogen and oxygen atoms in total. The summed E-state index contributed by atoms with van der Waals surface area (Å²) in [6.07, 6.45) is 5.31. The molecule has 19 heavy (non-hydrogen) atoms. The average Bonchev–Trinajstić information content (AvgIpc) is 3.21. The fourth-order valence-electron chi connectivity index (χ4n) is 1.98.